The van der Waals surface area contributed by atoms with Gasteiger partial charge in [-0.25, -0.2) is 4.98 Å². The molecule has 1 heterocycles. The van der Waals surface area contributed by atoms with Gasteiger partial charge in [0.1, 0.15) is 22.5 Å². The second-order valence-corrected chi connectivity index (χ2v) is 3.81. The van der Waals surface area contributed by atoms with E-state index in [4.69, 9.17) is 16.7 Å². The molecule has 0 saturated heterocycles. The summed E-state index contributed by atoms with van der Waals surface area (Å²) in [5, 5.41) is 9.36. The molecule has 0 fully saturated rings. The van der Waals surface area contributed by atoms with Gasteiger partial charge in [0.15, 0.2) is 0 Å². The summed E-state index contributed by atoms with van der Waals surface area (Å²) >= 11 is 4.50. The van der Waals surface area contributed by atoms with Crippen LogP contribution < -0.4 is 11.5 Å². The summed E-state index contributed by atoms with van der Waals surface area (Å²) in [5.41, 5.74) is 11.9. The fourth-order valence-corrected chi connectivity index (χ4v) is 1.67. The molecule has 0 radical (unpaired) electrons. The quantitative estimate of drug-likeness (QED) is 0.748. The first-order valence-electron chi connectivity index (χ1n) is 3.30. The Morgan fingerprint density at radius 3 is 2.62 bits per heavy atom. The summed E-state index contributed by atoms with van der Waals surface area (Å²) in [6, 6.07) is 1.99. The molecule has 68 valence electrons. The minimum Gasteiger partial charge on any atom is -0.397 e. The minimum absolute atomic E-state index is 0.306. The Morgan fingerprint density at radius 2 is 2.15 bits per heavy atom. The van der Waals surface area contributed by atoms with E-state index in [1.165, 1.54) is 11.8 Å². The van der Waals surface area contributed by atoms with Crippen molar-refractivity contribution >= 4 is 39.2 Å². The van der Waals surface area contributed by atoms with Crippen LogP contribution in [0, 0.1) is 11.3 Å². The number of nitrogen functional groups attached to an aromatic ring is 2. The van der Waals surface area contributed by atoms with Crippen molar-refractivity contribution in [3.8, 4) is 6.07 Å². The van der Waals surface area contributed by atoms with Gasteiger partial charge in [-0.1, -0.05) is 0 Å². The second kappa shape index (κ2) is 3.85. The van der Waals surface area contributed by atoms with E-state index in [0.29, 0.717) is 26.6 Å². The Labute approximate surface area is 88.4 Å². The number of nitrogens with zero attached hydrogens (tertiary/aromatic N) is 2. The van der Waals surface area contributed by atoms with Crippen LogP contribution in [-0.2, 0) is 0 Å². The van der Waals surface area contributed by atoms with Crippen molar-refractivity contribution in [2.45, 2.75) is 5.03 Å². The van der Waals surface area contributed by atoms with Gasteiger partial charge in [-0.15, -0.1) is 11.8 Å². The van der Waals surface area contributed by atoms with Gasteiger partial charge >= 0.3 is 0 Å². The first-order valence-corrected chi connectivity index (χ1v) is 5.32. The first-order chi connectivity index (χ1) is 6.11. The van der Waals surface area contributed by atoms with E-state index in [9.17, 15) is 0 Å². The van der Waals surface area contributed by atoms with Crippen molar-refractivity contribution < 1.29 is 0 Å². The third kappa shape index (κ3) is 1.71. The van der Waals surface area contributed by atoms with Gasteiger partial charge in [0.25, 0.3) is 0 Å². The number of nitrogens with two attached hydrogens (primary N) is 2. The molecule has 1 aromatic rings. The largest absolute Gasteiger partial charge is 0.397 e. The Kier molecular flexibility index (Phi) is 3.01. The van der Waals surface area contributed by atoms with E-state index < -0.39 is 0 Å². The summed E-state index contributed by atoms with van der Waals surface area (Å²) in [6.45, 7) is 0. The summed E-state index contributed by atoms with van der Waals surface area (Å²) in [6.07, 6.45) is 1.82. The summed E-state index contributed by atoms with van der Waals surface area (Å²) in [4.78, 5) is 4.01. The number of hydrogen-bond donors (Lipinski definition) is 2. The van der Waals surface area contributed by atoms with Crippen LogP contribution in [-0.4, -0.2) is 11.2 Å². The molecule has 0 aliphatic rings. The number of pyridine rings is 1. The van der Waals surface area contributed by atoms with Crippen molar-refractivity contribution in [1.29, 1.82) is 5.26 Å². The van der Waals surface area contributed by atoms with Crippen molar-refractivity contribution in [3.63, 3.8) is 0 Å². The topological polar surface area (TPSA) is 88.7 Å². The molecule has 0 spiro atoms. The second-order valence-electron chi connectivity index (χ2n) is 2.22. The van der Waals surface area contributed by atoms with Crippen LogP contribution in [0.25, 0.3) is 0 Å². The minimum atomic E-state index is 0.306. The normalized spacial score (nSPS) is 9.62. The van der Waals surface area contributed by atoms with Crippen LogP contribution in [0.3, 0.4) is 0 Å². The molecular formula is C7H7BrN4S. The highest BCUT2D eigenvalue weighted by molar-refractivity contribution is 9.10. The Morgan fingerprint density at radius 1 is 1.54 bits per heavy atom. The lowest BCUT2D eigenvalue weighted by atomic mass is 10.2. The Hall–Kier alpha value is -0.930. The number of rotatable bonds is 1. The highest BCUT2D eigenvalue weighted by Crippen LogP contribution is 2.32. The van der Waals surface area contributed by atoms with E-state index in [-0.39, 0.29) is 0 Å². The molecule has 0 aromatic carbocycles. The maximum absolute atomic E-state index is 8.80. The predicted molar refractivity (Wildman–Crippen MR) is 57.3 cm³/mol. The van der Waals surface area contributed by atoms with Gasteiger partial charge < -0.3 is 11.5 Å². The number of anilines is 2. The van der Waals surface area contributed by atoms with E-state index in [0.717, 1.165) is 0 Å². The van der Waals surface area contributed by atoms with Crippen LogP contribution in [0.5, 0.6) is 0 Å². The van der Waals surface area contributed by atoms with Crippen LogP contribution in [0.2, 0.25) is 0 Å². The average molecular weight is 259 g/mol. The van der Waals surface area contributed by atoms with E-state index in [2.05, 4.69) is 20.9 Å². The zero-order valence-corrected chi connectivity index (χ0v) is 9.24. The number of thioether (sulfide) groups is 1. The van der Waals surface area contributed by atoms with Gasteiger partial charge in [0, 0.05) is 0 Å². The number of halogens is 1. The molecule has 4 N–H and O–H groups in total. The number of nitriles is 1. The van der Waals surface area contributed by atoms with Gasteiger partial charge in [-0.2, -0.15) is 5.26 Å². The smallest absolute Gasteiger partial charge is 0.141 e. The molecule has 0 aliphatic heterocycles. The molecule has 6 heteroatoms. The monoisotopic (exact) mass is 258 g/mol. The fourth-order valence-electron chi connectivity index (χ4n) is 0.833. The zero-order valence-electron chi connectivity index (χ0n) is 6.84. The standard InChI is InChI=1S/C7H7BrN4S/c1-13-7-3(2-9)5(10)4(8)6(11)12-7/h1H3,(H4,10,11,12). The third-order valence-corrected chi connectivity index (χ3v) is 2.99. The number of hydrogen-bond acceptors (Lipinski definition) is 5. The maximum atomic E-state index is 8.80. The van der Waals surface area contributed by atoms with Crippen LogP contribution >= 0.6 is 27.7 Å². The van der Waals surface area contributed by atoms with Crippen LogP contribution in [0.1, 0.15) is 5.56 Å². The van der Waals surface area contributed by atoms with Crippen molar-refractivity contribution in [3.05, 3.63) is 10.0 Å². The lowest BCUT2D eigenvalue weighted by Crippen LogP contribution is -2.02. The van der Waals surface area contributed by atoms with Gasteiger partial charge in [-0.3, -0.25) is 0 Å². The Bertz CT molecular complexity index is 385. The molecule has 0 atom stereocenters. The molecular weight excluding hydrogens is 252 g/mol. The molecule has 0 amide bonds. The first kappa shape index (κ1) is 10.2. The molecule has 13 heavy (non-hydrogen) atoms. The lowest BCUT2D eigenvalue weighted by molar-refractivity contribution is 1.12. The lowest BCUT2D eigenvalue weighted by Gasteiger charge is -2.07. The van der Waals surface area contributed by atoms with E-state index in [1.54, 1.807) is 0 Å². The molecule has 4 nitrogen and oxygen atoms in total. The highest BCUT2D eigenvalue weighted by atomic mass is 79.9. The Balaban J connectivity index is 3.50. The van der Waals surface area contributed by atoms with Gasteiger partial charge in [-0.05, 0) is 22.2 Å². The number of aromatic nitrogens is 1. The van der Waals surface area contributed by atoms with Crippen LogP contribution in [0.4, 0.5) is 11.5 Å². The van der Waals surface area contributed by atoms with Gasteiger partial charge in [0.2, 0.25) is 0 Å². The van der Waals surface area contributed by atoms with E-state index in [1.807, 2.05) is 12.3 Å². The maximum Gasteiger partial charge on any atom is 0.141 e. The molecule has 0 saturated carbocycles. The molecule has 1 aromatic heterocycles. The van der Waals surface area contributed by atoms with Crippen LogP contribution in [0.15, 0.2) is 9.50 Å². The third-order valence-electron chi connectivity index (χ3n) is 1.47. The average Bonchev–Trinajstić information content (AvgIpc) is 2.13. The SMILES string of the molecule is CSc1nc(N)c(Br)c(N)c1C#N. The fraction of sp³-hybridized carbons (Fsp3) is 0.143. The predicted octanol–water partition coefficient (Wildman–Crippen LogP) is 1.60. The highest BCUT2D eigenvalue weighted by Gasteiger charge is 2.13. The van der Waals surface area contributed by atoms with Crippen molar-refractivity contribution in [2.75, 3.05) is 17.7 Å². The summed E-state index contributed by atoms with van der Waals surface area (Å²) in [7, 11) is 0. The summed E-state index contributed by atoms with van der Waals surface area (Å²) in [5.74, 6) is 0.306. The summed E-state index contributed by atoms with van der Waals surface area (Å²) < 4.78 is 0.488. The van der Waals surface area contributed by atoms with E-state index >= 15 is 0 Å². The zero-order chi connectivity index (χ0) is 10.0. The molecule has 1 rings (SSSR count). The molecule has 0 aliphatic carbocycles. The van der Waals surface area contributed by atoms with Crippen molar-refractivity contribution in [1.82, 2.24) is 4.98 Å². The van der Waals surface area contributed by atoms with Crippen molar-refractivity contribution in [2.24, 2.45) is 0 Å². The van der Waals surface area contributed by atoms with Gasteiger partial charge in [0.05, 0.1) is 10.2 Å². The molecule has 0 bridgehead atoms. The molecule has 0 unspecified atom stereocenters.